The van der Waals surface area contributed by atoms with Crippen molar-refractivity contribution in [2.75, 3.05) is 56.7 Å². The predicted molar refractivity (Wildman–Crippen MR) is 94.1 cm³/mol. The summed E-state index contributed by atoms with van der Waals surface area (Å²) in [5, 5.41) is 27.4. The summed E-state index contributed by atoms with van der Waals surface area (Å²) < 4.78 is 5.54. The van der Waals surface area contributed by atoms with E-state index in [2.05, 4.69) is 10.9 Å². The van der Waals surface area contributed by atoms with Gasteiger partial charge in [0.05, 0.1) is 26.4 Å². The van der Waals surface area contributed by atoms with Gasteiger partial charge >= 0.3 is 0 Å². The van der Waals surface area contributed by atoms with Gasteiger partial charge in [-0.3, -0.25) is 0 Å². The molecule has 0 aromatic heterocycles. The summed E-state index contributed by atoms with van der Waals surface area (Å²) in [7, 11) is 0. The number of aliphatic hydroxyl groups is 3. The molecule has 0 bridgehead atoms. The van der Waals surface area contributed by atoms with E-state index in [4.69, 9.17) is 15.6 Å². The van der Waals surface area contributed by atoms with Gasteiger partial charge in [0.2, 0.25) is 0 Å². The number of aliphatic imine (C=N–C) groups is 1. The van der Waals surface area contributed by atoms with Crippen molar-refractivity contribution in [3.05, 3.63) is 35.6 Å². The molecule has 0 saturated heterocycles. The number of hydrogen-bond acceptors (Lipinski definition) is 7. The van der Waals surface area contributed by atoms with Crippen LogP contribution in [-0.2, 0) is 4.74 Å². The molecule has 0 unspecified atom stereocenters. The van der Waals surface area contributed by atoms with Crippen molar-refractivity contribution in [1.82, 2.24) is 0 Å². The third-order valence-corrected chi connectivity index (χ3v) is 3.54. The molecule has 0 radical (unpaired) electrons. The molecule has 2 rings (SSSR count). The van der Waals surface area contributed by atoms with E-state index in [1.54, 1.807) is 6.07 Å². The highest BCUT2D eigenvalue weighted by molar-refractivity contribution is 5.93. The van der Waals surface area contributed by atoms with E-state index < -0.39 is 0 Å². The maximum Gasteiger partial charge on any atom is 0.188 e. The van der Waals surface area contributed by atoms with Crippen LogP contribution in [0.4, 0.5) is 11.4 Å². The van der Waals surface area contributed by atoms with Crippen molar-refractivity contribution in [3.8, 4) is 0 Å². The van der Waals surface area contributed by atoms with Crippen molar-refractivity contribution < 1.29 is 20.1 Å². The van der Waals surface area contributed by atoms with Crippen molar-refractivity contribution >= 4 is 22.8 Å². The molecule has 0 atom stereocenters. The second-order valence-corrected chi connectivity index (χ2v) is 5.19. The Hall–Kier alpha value is -2.31. The Morgan fingerprint density at radius 2 is 1.92 bits per heavy atom. The zero-order valence-corrected chi connectivity index (χ0v) is 13.5. The molecule has 7 nitrogen and oxygen atoms in total. The minimum Gasteiger partial charge on any atom is -0.480 e. The minimum absolute atomic E-state index is 0.0278. The van der Waals surface area contributed by atoms with Gasteiger partial charge < -0.3 is 30.7 Å². The lowest BCUT2D eigenvalue weighted by Crippen LogP contribution is -2.30. The fraction of sp³-hybridized carbons (Fsp3) is 0.412. The average Bonchev–Trinajstić information content (AvgIpc) is 3.03. The van der Waals surface area contributed by atoms with Gasteiger partial charge in [0.1, 0.15) is 6.61 Å². The fourth-order valence-electron chi connectivity index (χ4n) is 2.52. The molecule has 7 heteroatoms. The second kappa shape index (κ2) is 9.10. The minimum atomic E-state index is -0.0519. The number of nitrogen functional groups attached to an aromatic ring is 1. The van der Waals surface area contributed by atoms with Crippen LogP contribution in [0.15, 0.2) is 35.0 Å². The van der Waals surface area contributed by atoms with E-state index >= 15 is 0 Å². The van der Waals surface area contributed by atoms with Gasteiger partial charge in [-0.2, -0.15) is 0 Å². The summed E-state index contributed by atoms with van der Waals surface area (Å²) >= 11 is 0. The molecule has 24 heavy (non-hydrogen) atoms. The number of anilines is 2. The Morgan fingerprint density at radius 3 is 2.58 bits per heavy atom. The highest BCUT2D eigenvalue weighted by Crippen LogP contribution is 2.35. The Morgan fingerprint density at radius 1 is 1.17 bits per heavy atom. The summed E-state index contributed by atoms with van der Waals surface area (Å²) in [5.41, 5.74) is 9.01. The smallest absolute Gasteiger partial charge is 0.188 e. The van der Waals surface area contributed by atoms with E-state index in [0.29, 0.717) is 31.1 Å². The lowest BCUT2D eigenvalue weighted by atomic mass is 10.0. The number of aliphatic hydroxyl groups excluding tert-OH is 3. The lowest BCUT2D eigenvalue weighted by Gasteiger charge is -2.26. The highest BCUT2D eigenvalue weighted by Gasteiger charge is 2.21. The van der Waals surface area contributed by atoms with Crippen LogP contribution in [0.1, 0.15) is 5.56 Å². The largest absolute Gasteiger partial charge is 0.480 e. The van der Waals surface area contributed by atoms with Crippen molar-refractivity contribution in [1.29, 1.82) is 0 Å². The zero-order valence-electron chi connectivity index (χ0n) is 13.5. The molecular formula is C17H23N3O4. The maximum absolute atomic E-state index is 9.29. The molecular weight excluding hydrogens is 310 g/mol. The topological polar surface area (TPSA) is 112 Å². The summed E-state index contributed by atoms with van der Waals surface area (Å²) in [5.74, 6) is 3.30. The van der Waals surface area contributed by atoms with Gasteiger partial charge in [-0.15, -0.1) is 0 Å². The van der Waals surface area contributed by atoms with Crippen LogP contribution < -0.4 is 10.6 Å². The molecule has 1 aromatic rings. The molecule has 130 valence electrons. The van der Waals surface area contributed by atoms with E-state index in [1.807, 2.05) is 23.1 Å². The third kappa shape index (κ3) is 4.37. The van der Waals surface area contributed by atoms with E-state index in [0.717, 1.165) is 16.8 Å². The lowest BCUT2D eigenvalue weighted by molar-refractivity contribution is 0.281. The number of ether oxygens (including phenoxy) is 1. The first-order valence-electron chi connectivity index (χ1n) is 7.81. The van der Waals surface area contributed by atoms with Gasteiger partial charge in [0.25, 0.3) is 0 Å². The summed E-state index contributed by atoms with van der Waals surface area (Å²) in [4.78, 5) is 5.87. The molecule has 1 aromatic carbocycles. The summed E-state index contributed by atoms with van der Waals surface area (Å²) in [6.45, 7) is 1.34. The van der Waals surface area contributed by atoms with E-state index in [-0.39, 0.29) is 26.4 Å². The van der Waals surface area contributed by atoms with E-state index in [1.165, 1.54) is 0 Å². The van der Waals surface area contributed by atoms with Crippen molar-refractivity contribution in [2.24, 2.45) is 4.99 Å². The van der Waals surface area contributed by atoms with Crippen LogP contribution in [0.25, 0.3) is 5.57 Å². The molecule has 0 fully saturated rings. The highest BCUT2D eigenvalue weighted by atomic mass is 16.5. The Bertz CT molecular complexity index is 645. The molecule has 1 aliphatic rings. The first-order chi connectivity index (χ1) is 11.7. The van der Waals surface area contributed by atoms with Gasteiger partial charge in [-0.25, -0.2) is 4.99 Å². The van der Waals surface area contributed by atoms with Gasteiger partial charge in [0.15, 0.2) is 5.76 Å². The second-order valence-electron chi connectivity index (χ2n) is 5.19. The number of allylic oxidation sites excluding steroid dienone is 1. The molecule has 5 N–H and O–H groups in total. The molecule has 0 spiro atoms. The number of rotatable bonds is 8. The Labute approximate surface area is 141 Å². The number of nitrogens with zero attached hydrogens (tertiary/aromatic N) is 2. The maximum atomic E-state index is 9.29. The molecule has 1 heterocycles. The summed E-state index contributed by atoms with van der Waals surface area (Å²) in [6, 6.07) is 5.46. The first-order valence-corrected chi connectivity index (χ1v) is 7.81. The van der Waals surface area contributed by atoms with Crippen molar-refractivity contribution in [2.45, 2.75) is 0 Å². The number of benzene rings is 1. The van der Waals surface area contributed by atoms with Crippen LogP contribution in [0, 0.1) is 0 Å². The van der Waals surface area contributed by atoms with Crippen molar-refractivity contribution in [3.63, 3.8) is 0 Å². The van der Waals surface area contributed by atoms with E-state index in [9.17, 15) is 10.2 Å². The normalized spacial score (nSPS) is 13.3. The standard InChI is InChI=1S/C17H23N3O4/c18-13-1-2-16(20(5-8-22)6-9-23)15(11-13)14-3-10-24-17(14)12-19-4-7-21/h1-3,11,21-23H,4-10,18H2. The van der Waals surface area contributed by atoms with Crippen LogP contribution in [0.2, 0.25) is 0 Å². The fourth-order valence-corrected chi connectivity index (χ4v) is 2.52. The molecule has 0 amide bonds. The summed E-state index contributed by atoms with van der Waals surface area (Å²) in [6.07, 6.45) is 1.91. The van der Waals surface area contributed by atoms with Gasteiger partial charge in [0, 0.05) is 41.5 Å². The monoisotopic (exact) mass is 333 g/mol. The quantitative estimate of drug-likeness (QED) is 0.394. The van der Waals surface area contributed by atoms with Gasteiger partial charge in [-0.1, -0.05) is 0 Å². The number of nitrogens with two attached hydrogens (primary N) is 1. The molecule has 0 aliphatic carbocycles. The van der Waals surface area contributed by atoms with Crippen LogP contribution in [-0.4, -0.2) is 67.3 Å². The third-order valence-electron chi connectivity index (χ3n) is 3.54. The van der Waals surface area contributed by atoms with Gasteiger partial charge in [-0.05, 0) is 24.3 Å². The average molecular weight is 333 g/mol. The van der Waals surface area contributed by atoms with Crippen LogP contribution >= 0.6 is 0 Å². The van der Waals surface area contributed by atoms with Crippen LogP contribution in [0.3, 0.4) is 0 Å². The zero-order chi connectivity index (χ0) is 17.4. The predicted octanol–water partition coefficient (Wildman–Crippen LogP) is 0.0193. The first kappa shape index (κ1) is 18.0. The Kier molecular flexibility index (Phi) is 6.84. The van der Waals surface area contributed by atoms with Crippen LogP contribution in [0.5, 0.6) is 0 Å². The molecule has 0 saturated carbocycles. The molecule has 1 aliphatic heterocycles. The number of hydrogen-bond donors (Lipinski definition) is 4. The SMILES string of the molecule is Nc1ccc(N(CCO)CCO)c(C2=CCOC2=C=NCCO)c1. The Balaban J connectivity index is 2.45.